The fraction of sp³-hybridized carbons (Fsp3) is 0. The van der Waals surface area contributed by atoms with Gasteiger partial charge < -0.3 is 8.83 Å². The Labute approximate surface area is 105 Å². The number of fused-ring (bicyclic) bond motifs is 1. The van der Waals surface area contributed by atoms with Crippen LogP contribution in [-0.4, -0.2) is 15.2 Å². The third-order valence-corrected chi connectivity index (χ3v) is 2.49. The number of oxazole rings is 1. The monoisotopic (exact) mass is 270 g/mol. The summed E-state index contributed by atoms with van der Waals surface area (Å²) in [6, 6.07) is 3.59. The number of hydrogen-bond donors (Lipinski definition) is 1. The van der Waals surface area contributed by atoms with Gasteiger partial charge in [-0.1, -0.05) is 28.3 Å². The molecule has 1 aromatic carbocycles. The van der Waals surface area contributed by atoms with E-state index in [9.17, 15) is 0 Å². The minimum Gasteiger partial charge on any atom is -0.423 e. The van der Waals surface area contributed by atoms with Gasteiger partial charge in [0.2, 0.25) is 6.39 Å². The second kappa shape index (κ2) is 3.90. The van der Waals surface area contributed by atoms with Crippen LogP contribution in [0.25, 0.3) is 11.1 Å². The smallest absolute Gasteiger partial charge is 0.323 e. The van der Waals surface area contributed by atoms with Gasteiger partial charge in [-0.15, -0.1) is 5.10 Å². The van der Waals surface area contributed by atoms with Crippen LogP contribution in [0.1, 0.15) is 0 Å². The summed E-state index contributed by atoms with van der Waals surface area (Å²) in [6.07, 6.45) is 1.19. The standard InChI is InChI=1S/C9H4Cl2N4O2/c10-4-1-5(11)7-6(2-4)17-8(13-7)14-9-15-12-3-16-9/h1-3H,(H,13,14,15). The van der Waals surface area contributed by atoms with E-state index in [4.69, 9.17) is 32.0 Å². The topological polar surface area (TPSA) is 77.0 Å². The highest BCUT2D eigenvalue weighted by atomic mass is 35.5. The van der Waals surface area contributed by atoms with E-state index in [-0.39, 0.29) is 12.0 Å². The molecular formula is C9H4Cl2N4O2. The van der Waals surface area contributed by atoms with Crippen LogP contribution < -0.4 is 5.32 Å². The van der Waals surface area contributed by atoms with E-state index in [0.29, 0.717) is 21.1 Å². The SMILES string of the molecule is Clc1cc(Cl)c2nc(Nc3nnco3)oc2c1. The predicted octanol–water partition coefficient (Wildman–Crippen LogP) is 3.26. The van der Waals surface area contributed by atoms with Crippen molar-refractivity contribution in [2.75, 3.05) is 5.32 Å². The van der Waals surface area contributed by atoms with E-state index < -0.39 is 0 Å². The summed E-state index contributed by atoms with van der Waals surface area (Å²) in [4.78, 5) is 4.13. The summed E-state index contributed by atoms with van der Waals surface area (Å²) >= 11 is 11.8. The molecule has 0 bridgehead atoms. The zero-order chi connectivity index (χ0) is 11.8. The largest absolute Gasteiger partial charge is 0.423 e. The van der Waals surface area contributed by atoms with Gasteiger partial charge in [0, 0.05) is 11.1 Å². The first-order chi connectivity index (χ1) is 8.22. The van der Waals surface area contributed by atoms with Crippen LogP contribution in [0.15, 0.2) is 27.4 Å². The van der Waals surface area contributed by atoms with E-state index >= 15 is 0 Å². The Hall–Kier alpha value is -1.79. The van der Waals surface area contributed by atoms with Gasteiger partial charge in [0.1, 0.15) is 5.52 Å². The maximum atomic E-state index is 5.97. The molecule has 3 rings (SSSR count). The average molecular weight is 271 g/mol. The van der Waals surface area contributed by atoms with Gasteiger partial charge in [0.05, 0.1) is 5.02 Å². The molecule has 2 aromatic heterocycles. The van der Waals surface area contributed by atoms with Gasteiger partial charge in [0.15, 0.2) is 5.58 Å². The number of nitrogens with zero attached hydrogens (tertiary/aromatic N) is 3. The van der Waals surface area contributed by atoms with Crippen molar-refractivity contribution in [2.45, 2.75) is 0 Å². The van der Waals surface area contributed by atoms with Gasteiger partial charge in [0.25, 0.3) is 0 Å². The number of hydrogen-bond acceptors (Lipinski definition) is 6. The number of rotatable bonds is 2. The van der Waals surface area contributed by atoms with Crippen LogP contribution in [0, 0.1) is 0 Å². The van der Waals surface area contributed by atoms with Gasteiger partial charge >= 0.3 is 12.0 Å². The summed E-state index contributed by atoms with van der Waals surface area (Å²) in [7, 11) is 0. The van der Waals surface area contributed by atoms with Crippen molar-refractivity contribution >= 4 is 46.3 Å². The summed E-state index contributed by atoms with van der Waals surface area (Å²) in [6.45, 7) is 0. The molecule has 0 aliphatic heterocycles. The van der Waals surface area contributed by atoms with Crippen LogP contribution in [-0.2, 0) is 0 Å². The minimum absolute atomic E-state index is 0.179. The van der Waals surface area contributed by atoms with Crippen LogP contribution in [0.3, 0.4) is 0 Å². The molecule has 0 fully saturated rings. The Morgan fingerprint density at radius 2 is 2.06 bits per heavy atom. The summed E-state index contributed by atoms with van der Waals surface area (Å²) in [5.74, 6) is 0. The van der Waals surface area contributed by atoms with Crippen molar-refractivity contribution in [3.63, 3.8) is 0 Å². The zero-order valence-corrected chi connectivity index (χ0v) is 9.66. The molecule has 0 amide bonds. The Balaban J connectivity index is 2.05. The second-order valence-corrected chi connectivity index (χ2v) is 3.97. The summed E-state index contributed by atoms with van der Waals surface area (Å²) in [5, 5.41) is 10.7. The van der Waals surface area contributed by atoms with Gasteiger partial charge in [-0.05, 0) is 6.07 Å². The number of halogens is 2. The second-order valence-electron chi connectivity index (χ2n) is 3.12. The van der Waals surface area contributed by atoms with Crippen molar-refractivity contribution in [1.82, 2.24) is 15.2 Å². The summed E-state index contributed by atoms with van der Waals surface area (Å²) in [5.41, 5.74) is 0.989. The maximum absolute atomic E-state index is 5.97. The molecule has 6 nitrogen and oxygen atoms in total. The molecule has 17 heavy (non-hydrogen) atoms. The average Bonchev–Trinajstić information content (AvgIpc) is 2.87. The zero-order valence-electron chi connectivity index (χ0n) is 8.15. The molecule has 3 aromatic rings. The molecule has 0 saturated heterocycles. The maximum Gasteiger partial charge on any atom is 0.323 e. The highest BCUT2D eigenvalue weighted by molar-refractivity contribution is 6.38. The van der Waals surface area contributed by atoms with Crippen LogP contribution in [0.2, 0.25) is 10.0 Å². The Bertz CT molecular complexity index is 665. The van der Waals surface area contributed by atoms with Crippen LogP contribution in [0.4, 0.5) is 12.0 Å². The number of benzene rings is 1. The Morgan fingerprint density at radius 3 is 2.82 bits per heavy atom. The van der Waals surface area contributed by atoms with Crippen molar-refractivity contribution in [2.24, 2.45) is 0 Å². The lowest BCUT2D eigenvalue weighted by Gasteiger charge is -1.91. The normalized spacial score (nSPS) is 10.9. The van der Waals surface area contributed by atoms with E-state index in [1.165, 1.54) is 6.39 Å². The molecule has 0 unspecified atom stereocenters. The number of anilines is 2. The molecule has 0 spiro atoms. The molecule has 0 saturated carbocycles. The molecule has 0 aliphatic rings. The Morgan fingerprint density at radius 1 is 1.18 bits per heavy atom. The van der Waals surface area contributed by atoms with E-state index in [1.807, 2.05) is 0 Å². The van der Waals surface area contributed by atoms with Gasteiger partial charge in [-0.25, -0.2) is 0 Å². The first-order valence-electron chi connectivity index (χ1n) is 4.51. The highest BCUT2D eigenvalue weighted by Crippen LogP contribution is 2.30. The predicted molar refractivity (Wildman–Crippen MR) is 61.6 cm³/mol. The molecular weight excluding hydrogens is 267 g/mol. The Kier molecular flexibility index (Phi) is 2.38. The third kappa shape index (κ3) is 1.92. The molecule has 86 valence electrons. The number of nitrogens with one attached hydrogen (secondary N) is 1. The van der Waals surface area contributed by atoms with Gasteiger partial charge in [-0.2, -0.15) is 4.98 Å². The van der Waals surface area contributed by atoms with E-state index in [0.717, 1.165) is 0 Å². The minimum atomic E-state index is 0.179. The van der Waals surface area contributed by atoms with Crippen molar-refractivity contribution in [3.8, 4) is 0 Å². The fourth-order valence-corrected chi connectivity index (χ4v) is 1.85. The van der Waals surface area contributed by atoms with Crippen LogP contribution in [0.5, 0.6) is 0 Å². The number of aromatic nitrogens is 3. The van der Waals surface area contributed by atoms with E-state index in [2.05, 4.69) is 20.5 Å². The van der Waals surface area contributed by atoms with E-state index in [1.54, 1.807) is 12.1 Å². The molecule has 0 aliphatic carbocycles. The summed E-state index contributed by atoms with van der Waals surface area (Å²) < 4.78 is 10.3. The third-order valence-electron chi connectivity index (χ3n) is 1.99. The first kappa shape index (κ1) is 10.4. The molecule has 0 atom stereocenters. The van der Waals surface area contributed by atoms with Crippen molar-refractivity contribution < 1.29 is 8.83 Å². The molecule has 0 radical (unpaired) electrons. The lowest BCUT2D eigenvalue weighted by Crippen LogP contribution is -1.89. The quantitative estimate of drug-likeness (QED) is 0.770. The molecule has 1 N–H and O–H groups in total. The highest BCUT2D eigenvalue weighted by Gasteiger charge is 2.11. The fourth-order valence-electron chi connectivity index (χ4n) is 1.33. The van der Waals surface area contributed by atoms with Crippen molar-refractivity contribution in [3.05, 3.63) is 28.6 Å². The van der Waals surface area contributed by atoms with Crippen molar-refractivity contribution in [1.29, 1.82) is 0 Å². The molecule has 2 heterocycles. The van der Waals surface area contributed by atoms with Gasteiger partial charge in [-0.3, -0.25) is 5.32 Å². The lowest BCUT2D eigenvalue weighted by molar-refractivity contribution is 0.559. The van der Waals surface area contributed by atoms with Crippen LogP contribution >= 0.6 is 23.2 Å². The lowest BCUT2D eigenvalue weighted by atomic mass is 10.3. The molecule has 8 heteroatoms. The first-order valence-corrected chi connectivity index (χ1v) is 5.27.